The molecule has 0 aliphatic carbocycles. The van der Waals surface area contributed by atoms with Crippen LogP contribution in [0.25, 0.3) is 21.7 Å². The van der Waals surface area contributed by atoms with Crippen LogP contribution in [0.2, 0.25) is 0 Å². The van der Waals surface area contributed by atoms with Gasteiger partial charge in [-0.05, 0) is 23.1 Å². The molecule has 1 heterocycles. The molecule has 5 nitrogen and oxygen atoms in total. The Kier molecular flexibility index (Phi) is 3.51. The van der Waals surface area contributed by atoms with E-state index >= 15 is 0 Å². The van der Waals surface area contributed by atoms with Gasteiger partial charge in [-0.3, -0.25) is 4.79 Å². The number of nitrogens with two attached hydrogens (primary N) is 1. The summed E-state index contributed by atoms with van der Waals surface area (Å²) in [5.41, 5.74) is 7.35. The third kappa shape index (κ3) is 2.44. The lowest BCUT2D eigenvalue weighted by Crippen LogP contribution is -2.02. The Hall–Kier alpha value is -2.50. The van der Waals surface area contributed by atoms with Crippen LogP contribution in [0.4, 0.5) is 5.69 Å². The van der Waals surface area contributed by atoms with E-state index in [1.54, 1.807) is 12.1 Å². The molecule has 21 heavy (non-hydrogen) atoms. The van der Waals surface area contributed by atoms with Crippen LogP contribution >= 0.6 is 0 Å². The van der Waals surface area contributed by atoms with Crippen LogP contribution in [0.3, 0.4) is 0 Å². The molecule has 3 rings (SSSR count). The van der Waals surface area contributed by atoms with Gasteiger partial charge in [0.1, 0.15) is 12.1 Å². The summed E-state index contributed by atoms with van der Waals surface area (Å²) in [6, 6.07) is 11.0. The van der Waals surface area contributed by atoms with Gasteiger partial charge in [0.25, 0.3) is 0 Å². The number of benzene rings is 1. The van der Waals surface area contributed by atoms with E-state index < -0.39 is 0 Å². The number of rotatable bonds is 3. The summed E-state index contributed by atoms with van der Waals surface area (Å²) in [5.74, 6) is 0. The second kappa shape index (κ2) is 5.47. The normalized spacial score (nSPS) is 11.1. The predicted octanol–water partition coefficient (Wildman–Crippen LogP) is 2.41. The lowest BCUT2D eigenvalue weighted by Gasteiger charge is -2.02. The van der Waals surface area contributed by atoms with Crippen LogP contribution in [0.1, 0.15) is 5.56 Å². The van der Waals surface area contributed by atoms with Gasteiger partial charge in [-0.15, -0.1) is 0 Å². The number of aromatic nitrogens is 1. The Morgan fingerprint density at radius 3 is 2.81 bits per heavy atom. The van der Waals surface area contributed by atoms with Crippen molar-refractivity contribution in [3.05, 3.63) is 58.4 Å². The molecule has 0 fully saturated rings. The monoisotopic (exact) mass is 282 g/mol. The standard InChI is InChI=1S/C16H14N2O3/c1-20-21-9-11-6-10-4-2-3-5-13(10)16(19)15-14(11)7-12(17)8-18-15/h2-8H,9,17H2,1H3. The number of pyridine rings is 1. The van der Waals surface area contributed by atoms with Gasteiger partial charge in [-0.25, -0.2) is 14.8 Å². The van der Waals surface area contributed by atoms with Gasteiger partial charge < -0.3 is 5.73 Å². The molecule has 0 amide bonds. The molecule has 0 saturated carbocycles. The molecule has 0 radical (unpaired) electrons. The second-order valence-electron chi connectivity index (χ2n) is 4.68. The first kappa shape index (κ1) is 13.5. The fourth-order valence-electron chi connectivity index (χ4n) is 2.37. The molecule has 3 aromatic rings. The van der Waals surface area contributed by atoms with E-state index in [-0.39, 0.29) is 12.0 Å². The highest BCUT2D eigenvalue weighted by Crippen LogP contribution is 2.21. The molecular formula is C16H14N2O3. The molecule has 0 aliphatic rings. The topological polar surface area (TPSA) is 74.4 Å². The molecule has 5 heteroatoms. The molecule has 0 unspecified atom stereocenters. The first-order chi connectivity index (χ1) is 10.2. The van der Waals surface area contributed by atoms with Crippen LogP contribution < -0.4 is 11.2 Å². The van der Waals surface area contributed by atoms with Crippen molar-refractivity contribution in [2.24, 2.45) is 0 Å². The molecule has 0 atom stereocenters. The van der Waals surface area contributed by atoms with E-state index in [1.165, 1.54) is 13.3 Å². The fraction of sp³-hybridized carbons (Fsp3) is 0.125. The highest BCUT2D eigenvalue weighted by Gasteiger charge is 2.09. The lowest BCUT2D eigenvalue weighted by molar-refractivity contribution is -0.281. The van der Waals surface area contributed by atoms with Crippen molar-refractivity contribution in [2.75, 3.05) is 12.8 Å². The summed E-state index contributed by atoms with van der Waals surface area (Å²) in [4.78, 5) is 26.6. The summed E-state index contributed by atoms with van der Waals surface area (Å²) < 4.78 is 0. The first-order valence-corrected chi connectivity index (χ1v) is 6.46. The van der Waals surface area contributed by atoms with Gasteiger partial charge in [0.2, 0.25) is 5.43 Å². The quantitative estimate of drug-likeness (QED) is 0.590. The van der Waals surface area contributed by atoms with Crippen LogP contribution in [-0.4, -0.2) is 12.1 Å². The van der Waals surface area contributed by atoms with Crippen LogP contribution in [0, 0.1) is 0 Å². The average Bonchev–Trinajstić information content (AvgIpc) is 2.61. The minimum atomic E-state index is -0.121. The molecule has 0 bridgehead atoms. The van der Waals surface area contributed by atoms with Crippen molar-refractivity contribution < 1.29 is 9.78 Å². The van der Waals surface area contributed by atoms with E-state index in [2.05, 4.69) is 9.87 Å². The lowest BCUT2D eigenvalue weighted by atomic mass is 10.1. The van der Waals surface area contributed by atoms with Gasteiger partial charge in [0.15, 0.2) is 0 Å². The van der Waals surface area contributed by atoms with Crippen molar-refractivity contribution in [1.29, 1.82) is 0 Å². The molecule has 1 aromatic heterocycles. The maximum Gasteiger partial charge on any atom is 0.212 e. The minimum Gasteiger partial charge on any atom is -0.397 e. The molecule has 0 saturated heterocycles. The van der Waals surface area contributed by atoms with Crippen molar-refractivity contribution in [2.45, 2.75) is 6.61 Å². The van der Waals surface area contributed by atoms with Gasteiger partial charge >= 0.3 is 0 Å². The number of hydrogen-bond donors (Lipinski definition) is 1. The summed E-state index contributed by atoms with van der Waals surface area (Å²) in [6.07, 6.45) is 1.49. The Morgan fingerprint density at radius 1 is 1.19 bits per heavy atom. The van der Waals surface area contributed by atoms with Crippen LogP contribution in [-0.2, 0) is 16.4 Å². The first-order valence-electron chi connectivity index (χ1n) is 6.46. The third-order valence-corrected chi connectivity index (χ3v) is 3.34. The highest BCUT2D eigenvalue weighted by atomic mass is 17.2. The van der Waals surface area contributed by atoms with E-state index in [0.717, 1.165) is 10.9 Å². The third-order valence-electron chi connectivity index (χ3n) is 3.34. The van der Waals surface area contributed by atoms with E-state index in [1.807, 2.05) is 24.3 Å². The van der Waals surface area contributed by atoms with E-state index in [0.29, 0.717) is 22.0 Å². The Morgan fingerprint density at radius 2 is 2.00 bits per heavy atom. The number of nitrogen functional groups attached to an aromatic ring is 1. The number of anilines is 1. The summed E-state index contributed by atoms with van der Waals surface area (Å²) in [5, 5.41) is 2.12. The number of hydrogen-bond acceptors (Lipinski definition) is 5. The smallest absolute Gasteiger partial charge is 0.212 e. The molecule has 106 valence electrons. The number of fused-ring (bicyclic) bond motifs is 2. The summed E-state index contributed by atoms with van der Waals surface area (Å²) in [7, 11) is 1.44. The fourth-order valence-corrected chi connectivity index (χ4v) is 2.37. The zero-order valence-corrected chi connectivity index (χ0v) is 11.5. The van der Waals surface area contributed by atoms with Gasteiger partial charge in [0.05, 0.1) is 19.0 Å². The largest absolute Gasteiger partial charge is 0.397 e. The van der Waals surface area contributed by atoms with Gasteiger partial charge in [-0.1, -0.05) is 24.3 Å². The van der Waals surface area contributed by atoms with Gasteiger partial charge in [-0.2, -0.15) is 0 Å². The van der Waals surface area contributed by atoms with Crippen LogP contribution in [0.15, 0.2) is 47.4 Å². The predicted molar refractivity (Wildman–Crippen MR) is 81.7 cm³/mol. The second-order valence-corrected chi connectivity index (χ2v) is 4.68. The van der Waals surface area contributed by atoms with Gasteiger partial charge in [0, 0.05) is 10.8 Å². The molecule has 2 aromatic carbocycles. The summed E-state index contributed by atoms with van der Waals surface area (Å²) in [6.45, 7) is 0.205. The molecule has 0 aliphatic heterocycles. The average molecular weight is 282 g/mol. The molecular weight excluding hydrogens is 268 g/mol. The number of nitrogens with zero attached hydrogens (tertiary/aromatic N) is 1. The maximum atomic E-state index is 12.6. The van der Waals surface area contributed by atoms with Crippen molar-refractivity contribution in [3.8, 4) is 0 Å². The van der Waals surface area contributed by atoms with Crippen molar-refractivity contribution in [1.82, 2.24) is 4.98 Å². The van der Waals surface area contributed by atoms with Crippen LogP contribution in [0.5, 0.6) is 0 Å². The molecule has 0 spiro atoms. The van der Waals surface area contributed by atoms with E-state index in [4.69, 9.17) is 10.6 Å². The Bertz CT molecular complexity index is 878. The Labute approximate surface area is 120 Å². The van der Waals surface area contributed by atoms with Crippen molar-refractivity contribution >= 4 is 27.4 Å². The summed E-state index contributed by atoms with van der Waals surface area (Å²) >= 11 is 0. The Balaban J connectivity index is 2.48. The van der Waals surface area contributed by atoms with Crippen molar-refractivity contribution in [3.63, 3.8) is 0 Å². The minimum absolute atomic E-state index is 0.121. The zero-order chi connectivity index (χ0) is 14.8. The zero-order valence-electron chi connectivity index (χ0n) is 11.5. The highest BCUT2D eigenvalue weighted by molar-refractivity contribution is 5.94. The SMILES string of the molecule is COOCc1cc2ccccc2c(=O)c2ncc(N)cc12. The maximum absolute atomic E-state index is 12.6. The van der Waals surface area contributed by atoms with E-state index in [9.17, 15) is 4.79 Å². The molecule has 2 N–H and O–H groups in total.